The van der Waals surface area contributed by atoms with Gasteiger partial charge in [-0.3, -0.25) is 4.79 Å². The number of carbonyl (C=O) groups excluding carboxylic acids is 1. The Labute approximate surface area is 147 Å². The number of anilines is 1. The fourth-order valence-electron chi connectivity index (χ4n) is 4.05. The highest BCUT2D eigenvalue weighted by Crippen LogP contribution is 2.43. The molecule has 3 heterocycles. The maximum Gasteiger partial charge on any atom is 0.252 e. The summed E-state index contributed by atoms with van der Waals surface area (Å²) in [5.41, 5.74) is -0.345. The smallest absolute Gasteiger partial charge is 0.252 e. The number of nitrogens with one attached hydrogen (secondary N) is 1. The molecule has 1 aromatic heterocycles. The summed E-state index contributed by atoms with van der Waals surface area (Å²) in [7, 11) is 3.47. The van der Waals surface area contributed by atoms with Crippen LogP contribution < -0.4 is 10.2 Å². The lowest BCUT2D eigenvalue weighted by atomic mass is 9.76. The van der Waals surface area contributed by atoms with Crippen LogP contribution in [-0.2, 0) is 21.3 Å². The van der Waals surface area contributed by atoms with Crippen molar-refractivity contribution in [1.82, 2.24) is 25.5 Å². The van der Waals surface area contributed by atoms with Crippen LogP contribution in [0.1, 0.15) is 32.1 Å². The lowest BCUT2D eigenvalue weighted by Gasteiger charge is -2.38. The Bertz CT molecular complexity index is 636. The molecule has 3 aliphatic rings. The van der Waals surface area contributed by atoms with Gasteiger partial charge < -0.3 is 19.7 Å². The van der Waals surface area contributed by atoms with Crippen molar-refractivity contribution in [2.45, 2.75) is 43.8 Å². The summed E-state index contributed by atoms with van der Waals surface area (Å²) in [5, 5.41) is 14.7. The minimum atomic E-state index is -0.564. The fraction of sp³-hybridized carbons (Fsp3) is 0.875. The second-order valence-electron chi connectivity index (χ2n) is 7.64. The SMILES string of the molecule is COC1(C(=O)NCC2CC3(CCN(c4nnnn4C)CC3)CO2)CC1. The number of rotatable bonds is 5. The van der Waals surface area contributed by atoms with Crippen molar-refractivity contribution in [1.29, 1.82) is 0 Å². The van der Waals surface area contributed by atoms with Crippen LogP contribution in [0.2, 0.25) is 0 Å². The summed E-state index contributed by atoms with van der Waals surface area (Å²) in [6.45, 7) is 3.21. The maximum absolute atomic E-state index is 12.2. The van der Waals surface area contributed by atoms with Crippen molar-refractivity contribution >= 4 is 11.9 Å². The second-order valence-corrected chi connectivity index (χ2v) is 7.64. The number of methoxy groups -OCH3 is 1. The lowest BCUT2D eigenvalue weighted by molar-refractivity contribution is -0.134. The molecule has 138 valence electrons. The number of piperidine rings is 1. The Hall–Kier alpha value is -1.74. The van der Waals surface area contributed by atoms with Gasteiger partial charge in [0.1, 0.15) is 5.60 Å². The largest absolute Gasteiger partial charge is 0.376 e. The molecular formula is C16H26N6O3. The summed E-state index contributed by atoms with van der Waals surface area (Å²) in [6.07, 6.45) is 4.85. The van der Waals surface area contributed by atoms with E-state index in [9.17, 15) is 4.79 Å². The van der Waals surface area contributed by atoms with Crippen molar-refractivity contribution in [3.63, 3.8) is 0 Å². The Balaban J connectivity index is 1.27. The van der Waals surface area contributed by atoms with Gasteiger partial charge in [-0.2, -0.15) is 0 Å². The number of tetrazole rings is 1. The van der Waals surface area contributed by atoms with E-state index in [4.69, 9.17) is 9.47 Å². The van der Waals surface area contributed by atoms with Crippen molar-refractivity contribution in [3.8, 4) is 0 Å². The van der Waals surface area contributed by atoms with Gasteiger partial charge in [0.2, 0.25) is 5.95 Å². The predicted octanol–water partition coefficient (Wildman–Crippen LogP) is -0.119. The van der Waals surface area contributed by atoms with Crippen LogP contribution in [0.15, 0.2) is 0 Å². The summed E-state index contributed by atoms with van der Waals surface area (Å²) >= 11 is 0. The van der Waals surface area contributed by atoms with E-state index < -0.39 is 5.60 Å². The number of amides is 1. The minimum absolute atomic E-state index is 0.00384. The third-order valence-corrected chi connectivity index (χ3v) is 5.99. The average Bonchev–Trinajstić information content (AvgIpc) is 3.18. The molecule has 1 aliphatic carbocycles. The summed E-state index contributed by atoms with van der Waals surface area (Å²) < 4.78 is 13.0. The molecule has 9 heteroatoms. The number of hydrogen-bond acceptors (Lipinski definition) is 7. The molecule has 2 aliphatic heterocycles. The number of aryl methyl sites for hydroxylation is 1. The molecule has 0 aromatic carbocycles. The first-order chi connectivity index (χ1) is 12.1. The molecule has 1 spiro atoms. The van der Waals surface area contributed by atoms with E-state index in [2.05, 4.69) is 25.7 Å². The van der Waals surface area contributed by atoms with Crippen molar-refractivity contribution < 1.29 is 14.3 Å². The minimum Gasteiger partial charge on any atom is -0.376 e. The van der Waals surface area contributed by atoms with Crippen molar-refractivity contribution in [2.24, 2.45) is 12.5 Å². The topological polar surface area (TPSA) is 94.4 Å². The maximum atomic E-state index is 12.2. The third-order valence-electron chi connectivity index (χ3n) is 5.99. The quantitative estimate of drug-likeness (QED) is 0.791. The van der Waals surface area contributed by atoms with Gasteiger partial charge in [0.05, 0.1) is 12.7 Å². The zero-order chi connectivity index (χ0) is 17.5. The average molecular weight is 350 g/mol. The van der Waals surface area contributed by atoms with E-state index in [0.29, 0.717) is 6.54 Å². The van der Waals surface area contributed by atoms with Crippen LogP contribution in [0.3, 0.4) is 0 Å². The summed E-state index contributed by atoms with van der Waals surface area (Å²) in [5.74, 6) is 0.830. The van der Waals surface area contributed by atoms with Crippen molar-refractivity contribution in [2.75, 3.05) is 38.3 Å². The molecule has 9 nitrogen and oxygen atoms in total. The molecule has 25 heavy (non-hydrogen) atoms. The molecule has 3 fully saturated rings. The number of carbonyl (C=O) groups is 1. The van der Waals surface area contributed by atoms with Gasteiger partial charge in [0.25, 0.3) is 5.91 Å². The lowest BCUT2D eigenvalue weighted by Crippen LogP contribution is -2.43. The monoisotopic (exact) mass is 350 g/mol. The van der Waals surface area contributed by atoms with Crippen LogP contribution in [0, 0.1) is 5.41 Å². The molecule has 1 atom stereocenters. The number of hydrogen-bond donors (Lipinski definition) is 1. The van der Waals surface area contributed by atoms with E-state index in [1.807, 2.05) is 7.05 Å². The highest BCUT2D eigenvalue weighted by atomic mass is 16.5. The molecular weight excluding hydrogens is 324 g/mol. The van der Waals surface area contributed by atoms with Gasteiger partial charge in [-0.15, -0.1) is 0 Å². The molecule has 0 bridgehead atoms. The molecule has 1 unspecified atom stereocenters. The first kappa shape index (κ1) is 16.7. The number of aromatic nitrogens is 4. The van der Waals surface area contributed by atoms with Crippen LogP contribution in [0.25, 0.3) is 0 Å². The van der Waals surface area contributed by atoms with E-state index >= 15 is 0 Å². The summed E-state index contributed by atoms with van der Waals surface area (Å²) in [4.78, 5) is 14.4. The van der Waals surface area contributed by atoms with Gasteiger partial charge in [-0.25, -0.2) is 4.68 Å². The Morgan fingerprint density at radius 1 is 1.36 bits per heavy atom. The van der Waals surface area contributed by atoms with Crippen LogP contribution in [0.5, 0.6) is 0 Å². The van der Waals surface area contributed by atoms with Crippen LogP contribution in [0.4, 0.5) is 5.95 Å². The number of ether oxygens (including phenoxy) is 2. The second kappa shape index (κ2) is 6.21. The van der Waals surface area contributed by atoms with Gasteiger partial charge in [-0.1, -0.05) is 5.10 Å². The van der Waals surface area contributed by atoms with Crippen LogP contribution >= 0.6 is 0 Å². The van der Waals surface area contributed by atoms with E-state index in [1.54, 1.807) is 11.8 Å². The van der Waals surface area contributed by atoms with E-state index in [0.717, 1.165) is 57.7 Å². The predicted molar refractivity (Wildman–Crippen MR) is 89.0 cm³/mol. The normalized spacial score (nSPS) is 26.8. The molecule has 1 N–H and O–H groups in total. The molecule has 1 aromatic rings. The highest BCUT2D eigenvalue weighted by molar-refractivity contribution is 5.88. The summed E-state index contributed by atoms with van der Waals surface area (Å²) in [6, 6.07) is 0. The van der Waals surface area contributed by atoms with Gasteiger partial charge >= 0.3 is 0 Å². The molecule has 1 saturated carbocycles. The van der Waals surface area contributed by atoms with Gasteiger partial charge in [-0.05, 0) is 47.9 Å². The third kappa shape index (κ3) is 3.10. The first-order valence-electron chi connectivity index (χ1n) is 8.98. The fourth-order valence-corrected chi connectivity index (χ4v) is 4.05. The molecule has 0 radical (unpaired) electrons. The molecule has 2 saturated heterocycles. The number of nitrogens with zero attached hydrogens (tertiary/aromatic N) is 5. The molecule has 4 rings (SSSR count). The van der Waals surface area contributed by atoms with Gasteiger partial charge in [0.15, 0.2) is 0 Å². The Morgan fingerprint density at radius 3 is 2.72 bits per heavy atom. The molecule has 1 amide bonds. The van der Waals surface area contributed by atoms with Gasteiger partial charge in [0, 0.05) is 33.8 Å². The highest BCUT2D eigenvalue weighted by Gasteiger charge is 2.51. The van der Waals surface area contributed by atoms with E-state index in [-0.39, 0.29) is 17.4 Å². The zero-order valence-corrected chi connectivity index (χ0v) is 14.9. The van der Waals surface area contributed by atoms with Crippen LogP contribution in [-0.4, -0.2) is 71.2 Å². The first-order valence-corrected chi connectivity index (χ1v) is 8.98. The standard InChI is InChI=1S/C16H26N6O3/c1-21-14(18-19-20-21)22-7-5-15(6-8-22)9-12(25-11-15)10-17-13(23)16(24-2)3-4-16/h12H,3-11H2,1-2H3,(H,17,23). The van der Waals surface area contributed by atoms with Crippen molar-refractivity contribution in [3.05, 3.63) is 0 Å². The Morgan fingerprint density at radius 2 is 2.12 bits per heavy atom. The zero-order valence-electron chi connectivity index (χ0n) is 14.9. The van der Waals surface area contributed by atoms with E-state index in [1.165, 1.54) is 0 Å². The Kier molecular flexibility index (Phi) is 4.15.